The number of anilines is 1. The van der Waals surface area contributed by atoms with Crippen molar-refractivity contribution in [1.29, 1.82) is 0 Å². The summed E-state index contributed by atoms with van der Waals surface area (Å²) in [6.07, 6.45) is 1.33. The van der Waals surface area contributed by atoms with E-state index in [0.29, 0.717) is 16.3 Å². The minimum Gasteiger partial charge on any atom is -0.507 e. The summed E-state index contributed by atoms with van der Waals surface area (Å²) in [5, 5.41) is 16.2. The zero-order chi connectivity index (χ0) is 15.1. The van der Waals surface area contributed by atoms with Crippen molar-refractivity contribution in [3.63, 3.8) is 0 Å². The van der Waals surface area contributed by atoms with Crippen molar-refractivity contribution >= 4 is 29.4 Å². The molecule has 2 aromatic carbocycles. The van der Waals surface area contributed by atoms with Crippen LogP contribution in [0.15, 0.2) is 53.7 Å². The van der Waals surface area contributed by atoms with Crippen LogP contribution in [-0.4, -0.2) is 23.8 Å². The lowest BCUT2D eigenvalue weighted by Gasteiger charge is -2.05. The first-order valence-electron chi connectivity index (χ1n) is 6.14. The molecule has 0 aliphatic carbocycles. The van der Waals surface area contributed by atoms with Crippen LogP contribution in [0.5, 0.6) is 5.75 Å². The lowest BCUT2D eigenvalue weighted by Crippen LogP contribution is -2.17. The van der Waals surface area contributed by atoms with Crippen molar-refractivity contribution in [2.45, 2.75) is 0 Å². The van der Waals surface area contributed by atoms with Gasteiger partial charge in [0.05, 0.1) is 16.9 Å². The molecule has 0 aliphatic rings. The van der Waals surface area contributed by atoms with Gasteiger partial charge in [-0.05, 0) is 24.3 Å². The Balaban J connectivity index is 1.82. The number of hydrogen-bond donors (Lipinski definition) is 2. The molecule has 21 heavy (non-hydrogen) atoms. The minimum atomic E-state index is -0.377. The molecule has 1 amide bonds. The van der Waals surface area contributed by atoms with Gasteiger partial charge in [-0.1, -0.05) is 41.0 Å². The predicted molar refractivity (Wildman–Crippen MR) is 81.7 cm³/mol. The molecule has 0 atom stereocenters. The number of carbonyl (C=O) groups is 1. The Bertz CT molecular complexity index is 659. The van der Waals surface area contributed by atoms with Crippen molar-refractivity contribution in [3.05, 3.63) is 59.1 Å². The molecule has 5 nitrogen and oxygen atoms in total. The van der Waals surface area contributed by atoms with Crippen LogP contribution in [0.25, 0.3) is 0 Å². The van der Waals surface area contributed by atoms with Crippen LogP contribution in [0, 0.1) is 0 Å². The summed E-state index contributed by atoms with van der Waals surface area (Å²) in [6, 6.07) is 13.6. The molecule has 108 valence electrons. The normalized spacial score (nSPS) is 10.5. The van der Waals surface area contributed by atoms with E-state index in [1.807, 2.05) is 0 Å². The number of carbonyl (C=O) groups excluding carboxylic acids is 1. The van der Waals surface area contributed by atoms with Gasteiger partial charge in [0.1, 0.15) is 5.75 Å². The first-order chi connectivity index (χ1) is 10.2. The van der Waals surface area contributed by atoms with E-state index in [0.717, 1.165) is 0 Å². The number of rotatable bonds is 5. The second-order valence-corrected chi connectivity index (χ2v) is 4.50. The van der Waals surface area contributed by atoms with Gasteiger partial charge in [-0.2, -0.15) is 0 Å². The zero-order valence-electron chi connectivity index (χ0n) is 11.0. The number of halogens is 1. The Labute approximate surface area is 126 Å². The van der Waals surface area contributed by atoms with E-state index < -0.39 is 0 Å². The number of nitrogens with zero attached hydrogens (tertiary/aromatic N) is 1. The molecule has 0 bridgehead atoms. The van der Waals surface area contributed by atoms with Crippen LogP contribution < -0.4 is 5.32 Å². The largest absolute Gasteiger partial charge is 0.507 e. The topological polar surface area (TPSA) is 70.9 Å². The Morgan fingerprint density at radius 2 is 1.95 bits per heavy atom. The smallest absolute Gasteiger partial charge is 0.265 e. The summed E-state index contributed by atoms with van der Waals surface area (Å²) in [5.41, 5.74) is 1.02. The number of amides is 1. The summed E-state index contributed by atoms with van der Waals surface area (Å²) in [4.78, 5) is 16.5. The molecule has 0 aromatic heterocycles. The Morgan fingerprint density at radius 1 is 1.24 bits per heavy atom. The molecule has 0 heterocycles. The fourth-order valence-corrected chi connectivity index (χ4v) is 1.72. The summed E-state index contributed by atoms with van der Waals surface area (Å²) < 4.78 is 0. The van der Waals surface area contributed by atoms with Gasteiger partial charge < -0.3 is 15.3 Å². The molecule has 2 rings (SSSR count). The van der Waals surface area contributed by atoms with Gasteiger partial charge in [-0.25, -0.2) is 0 Å². The zero-order valence-corrected chi connectivity index (χ0v) is 11.7. The van der Waals surface area contributed by atoms with Crippen molar-refractivity contribution < 1.29 is 14.7 Å². The van der Waals surface area contributed by atoms with Crippen LogP contribution in [-0.2, 0) is 9.63 Å². The van der Waals surface area contributed by atoms with Crippen LogP contribution in [0.4, 0.5) is 5.69 Å². The van der Waals surface area contributed by atoms with Crippen LogP contribution >= 0.6 is 11.6 Å². The van der Waals surface area contributed by atoms with Crippen molar-refractivity contribution in [2.75, 3.05) is 11.9 Å². The van der Waals surface area contributed by atoms with Crippen molar-refractivity contribution in [3.8, 4) is 5.75 Å². The Morgan fingerprint density at radius 3 is 2.71 bits per heavy atom. The highest BCUT2D eigenvalue weighted by molar-refractivity contribution is 6.33. The van der Waals surface area contributed by atoms with E-state index in [9.17, 15) is 9.90 Å². The average molecular weight is 305 g/mol. The lowest BCUT2D eigenvalue weighted by atomic mass is 10.2. The third-order valence-electron chi connectivity index (χ3n) is 2.55. The lowest BCUT2D eigenvalue weighted by molar-refractivity contribution is -0.120. The van der Waals surface area contributed by atoms with Gasteiger partial charge in [-0.15, -0.1) is 0 Å². The number of benzene rings is 2. The van der Waals surface area contributed by atoms with Gasteiger partial charge in [-0.3, -0.25) is 4.79 Å². The maximum Gasteiger partial charge on any atom is 0.265 e. The molecule has 2 N–H and O–H groups in total. The molecule has 0 radical (unpaired) electrons. The summed E-state index contributed by atoms with van der Waals surface area (Å²) >= 11 is 5.91. The fraction of sp³-hybridized carbons (Fsp3) is 0.0667. The number of phenols is 1. The fourth-order valence-electron chi connectivity index (χ4n) is 1.54. The molecule has 0 aliphatic heterocycles. The molecular weight excluding hydrogens is 292 g/mol. The molecule has 2 aromatic rings. The van der Waals surface area contributed by atoms with Gasteiger partial charge >= 0.3 is 0 Å². The first-order valence-corrected chi connectivity index (χ1v) is 6.52. The van der Waals surface area contributed by atoms with Crippen LogP contribution in [0.1, 0.15) is 5.56 Å². The van der Waals surface area contributed by atoms with Gasteiger partial charge in [0.15, 0.2) is 6.61 Å². The van der Waals surface area contributed by atoms with E-state index in [2.05, 4.69) is 10.5 Å². The van der Waals surface area contributed by atoms with Crippen molar-refractivity contribution in [1.82, 2.24) is 0 Å². The average Bonchev–Trinajstić information content (AvgIpc) is 2.48. The Hall–Kier alpha value is -2.53. The van der Waals surface area contributed by atoms with Crippen LogP contribution in [0.2, 0.25) is 5.02 Å². The molecular formula is C15H13ClN2O3. The standard InChI is InChI=1S/C15H13ClN2O3/c16-12-6-2-3-7-13(12)18-15(20)10-21-17-9-11-5-1-4-8-14(11)19/h1-9,19H,10H2,(H,18,20)/b17-9+. The molecule has 0 saturated carbocycles. The maximum atomic E-state index is 11.6. The summed E-state index contributed by atoms with van der Waals surface area (Å²) in [5.74, 6) is -0.289. The second kappa shape index (κ2) is 7.31. The quantitative estimate of drug-likeness (QED) is 0.659. The highest BCUT2D eigenvalue weighted by atomic mass is 35.5. The minimum absolute atomic E-state index is 0.0883. The number of hydrogen-bond acceptors (Lipinski definition) is 4. The number of nitrogens with one attached hydrogen (secondary N) is 1. The summed E-state index contributed by atoms with van der Waals surface area (Å²) in [7, 11) is 0. The van der Waals surface area contributed by atoms with Gasteiger partial charge in [0.2, 0.25) is 0 Å². The molecule has 0 fully saturated rings. The molecule has 0 unspecified atom stereocenters. The van der Waals surface area contributed by atoms with E-state index in [1.165, 1.54) is 12.3 Å². The second-order valence-electron chi connectivity index (χ2n) is 4.09. The van der Waals surface area contributed by atoms with Crippen molar-refractivity contribution in [2.24, 2.45) is 5.16 Å². The SMILES string of the molecule is O=C(CO/N=C/c1ccccc1O)Nc1ccccc1Cl. The number of aromatic hydroxyl groups is 1. The summed E-state index contributed by atoms with van der Waals surface area (Å²) in [6.45, 7) is -0.255. The first kappa shape index (κ1) is 14.9. The number of para-hydroxylation sites is 2. The van der Waals surface area contributed by atoms with Crippen LogP contribution in [0.3, 0.4) is 0 Å². The highest BCUT2D eigenvalue weighted by Gasteiger charge is 2.05. The molecule has 0 saturated heterocycles. The predicted octanol–water partition coefficient (Wildman–Crippen LogP) is 3.03. The maximum absolute atomic E-state index is 11.6. The van der Waals surface area contributed by atoms with E-state index in [4.69, 9.17) is 16.4 Å². The Kier molecular flexibility index (Phi) is 5.17. The number of phenolic OH excluding ortho intramolecular Hbond substituents is 1. The molecule has 0 spiro atoms. The molecule has 6 heteroatoms. The van der Waals surface area contributed by atoms with E-state index in [1.54, 1.807) is 42.5 Å². The van der Waals surface area contributed by atoms with Gasteiger partial charge in [0, 0.05) is 5.56 Å². The third-order valence-corrected chi connectivity index (χ3v) is 2.88. The monoisotopic (exact) mass is 304 g/mol. The highest BCUT2D eigenvalue weighted by Crippen LogP contribution is 2.20. The third kappa shape index (κ3) is 4.50. The number of oxime groups is 1. The van der Waals surface area contributed by atoms with E-state index >= 15 is 0 Å². The van der Waals surface area contributed by atoms with E-state index in [-0.39, 0.29) is 18.3 Å². The van der Waals surface area contributed by atoms with Gasteiger partial charge in [0.25, 0.3) is 5.91 Å².